The van der Waals surface area contributed by atoms with E-state index >= 15 is 0 Å². The second kappa shape index (κ2) is 7.74. The van der Waals surface area contributed by atoms with Crippen LogP contribution in [0.25, 0.3) is 0 Å². The molecule has 0 rings (SSSR count). The van der Waals surface area contributed by atoms with Gasteiger partial charge in [-0.2, -0.15) is 0 Å². The van der Waals surface area contributed by atoms with E-state index in [-0.39, 0.29) is 0 Å². The molecule has 0 aromatic carbocycles. The molecular weight excluding hydrogens is 164 g/mol. The monoisotopic (exact) mass is 175 g/mol. The molecule has 0 radical (unpaired) electrons. The number of ether oxygens (including phenoxy) is 1. The lowest BCUT2D eigenvalue weighted by atomic mass is 10.3. The Bertz CT molecular complexity index is 154. The van der Waals surface area contributed by atoms with Crippen molar-refractivity contribution in [2.75, 3.05) is 7.11 Å². The molecular formula is C7H11O5-. The Labute approximate surface area is 70.3 Å². The number of hydrogen-bond donors (Lipinski definition) is 1. The normalized spacial score (nSPS) is 10.5. The number of hydrogen-bond acceptors (Lipinski definition) is 5. The largest absolute Gasteiger partial charge is 0.550 e. The summed E-state index contributed by atoms with van der Waals surface area (Å²) in [5, 5.41) is 18.3. The average molecular weight is 175 g/mol. The number of aliphatic hydroxyl groups excluding tert-OH is 1. The van der Waals surface area contributed by atoms with Gasteiger partial charge in [0.2, 0.25) is 0 Å². The van der Waals surface area contributed by atoms with E-state index < -0.39 is 24.5 Å². The lowest BCUT2D eigenvalue weighted by Crippen LogP contribution is -2.32. The van der Waals surface area contributed by atoms with Gasteiger partial charge in [0.25, 0.3) is 0 Å². The van der Waals surface area contributed by atoms with Gasteiger partial charge in [0, 0.05) is 12.4 Å². The number of carboxylic acid groups (broad SMARTS) is 1. The lowest BCUT2D eigenvalue weighted by Gasteiger charge is -2.07. The van der Waals surface area contributed by atoms with Crippen molar-refractivity contribution in [3.63, 3.8) is 0 Å². The Morgan fingerprint density at radius 1 is 1.58 bits per heavy atom. The molecule has 0 bridgehead atoms. The first-order chi connectivity index (χ1) is 5.57. The highest BCUT2D eigenvalue weighted by Crippen LogP contribution is 1.91. The molecule has 0 spiro atoms. The smallest absolute Gasteiger partial charge is 0.335 e. The van der Waals surface area contributed by atoms with Crippen LogP contribution in [0, 0.1) is 0 Å². The molecule has 0 aliphatic rings. The van der Waals surface area contributed by atoms with Crippen LogP contribution in [-0.4, -0.2) is 30.3 Å². The third-order valence-corrected chi connectivity index (χ3v) is 0.833. The van der Waals surface area contributed by atoms with Crippen molar-refractivity contribution in [3.05, 3.63) is 13.2 Å². The van der Waals surface area contributed by atoms with E-state index in [0.29, 0.717) is 0 Å². The molecule has 0 amide bonds. The molecule has 0 fully saturated rings. The summed E-state index contributed by atoms with van der Waals surface area (Å²) in [6, 6.07) is 0. The number of esters is 1. The van der Waals surface area contributed by atoms with Crippen molar-refractivity contribution < 1.29 is 24.5 Å². The molecule has 1 unspecified atom stereocenters. The van der Waals surface area contributed by atoms with Gasteiger partial charge in [-0.05, 0) is 0 Å². The highest BCUT2D eigenvalue weighted by molar-refractivity contribution is 5.79. The average Bonchev–Trinajstić information content (AvgIpc) is 2.05. The molecule has 0 aliphatic carbocycles. The lowest BCUT2D eigenvalue weighted by molar-refractivity contribution is -0.307. The minimum Gasteiger partial charge on any atom is -0.550 e. The van der Waals surface area contributed by atoms with E-state index in [2.05, 4.69) is 17.9 Å². The summed E-state index contributed by atoms with van der Waals surface area (Å²) in [7, 11) is 1.06. The number of carboxylic acids is 1. The maximum Gasteiger partial charge on any atom is 0.335 e. The van der Waals surface area contributed by atoms with Gasteiger partial charge in [-0.3, -0.25) is 0 Å². The zero-order valence-electron chi connectivity index (χ0n) is 6.78. The topological polar surface area (TPSA) is 86.7 Å². The predicted octanol–water partition coefficient (Wildman–Crippen LogP) is -1.54. The van der Waals surface area contributed by atoms with Crippen molar-refractivity contribution in [1.82, 2.24) is 0 Å². The molecule has 5 nitrogen and oxygen atoms in total. The number of aliphatic carboxylic acids is 1. The minimum absolute atomic E-state index is 0.729. The predicted molar refractivity (Wildman–Crippen MR) is 38.9 cm³/mol. The SMILES string of the molecule is C=C.COC(=O)C(O)CC(=O)[O-]. The second-order valence-electron chi connectivity index (χ2n) is 1.62. The standard InChI is InChI=1S/C5H8O5.C2H4/c1-10-5(9)3(6)2-4(7)8;1-2/h3,6H,2H2,1H3,(H,7,8);1-2H2/p-1. The summed E-state index contributed by atoms with van der Waals surface area (Å²) in [6.07, 6.45) is -2.35. The first-order valence-electron chi connectivity index (χ1n) is 3.03. The van der Waals surface area contributed by atoms with E-state index in [4.69, 9.17) is 5.11 Å². The molecule has 0 aliphatic heterocycles. The summed E-state index contributed by atoms with van der Waals surface area (Å²) < 4.78 is 4.03. The molecule has 0 saturated carbocycles. The maximum atomic E-state index is 10.3. The fraction of sp³-hybridized carbons (Fsp3) is 0.429. The van der Waals surface area contributed by atoms with Gasteiger partial charge >= 0.3 is 5.97 Å². The van der Waals surface area contributed by atoms with Crippen LogP contribution in [0.2, 0.25) is 0 Å². The van der Waals surface area contributed by atoms with E-state index in [9.17, 15) is 14.7 Å². The molecule has 12 heavy (non-hydrogen) atoms. The van der Waals surface area contributed by atoms with E-state index in [1.165, 1.54) is 0 Å². The Morgan fingerprint density at radius 2 is 2.00 bits per heavy atom. The third-order valence-electron chi connectivity index (χ3n) is 0.833. The van der Waals surface area contributed by atoms with Crippen LogP contribution in [0.4, 0.5) is 0 Å². The van der Waals surface area contributed by atoms with Crippen LogP contribution >= 0.6 is 0 Å². The van der Waals surface area contributed by atoms with Crippen LogP contribution in [0.1, 0.15) is 6.42 Å². The zero-order valence-corrected chi connectivity index (χ0v) is 6.78. The quantitative estimate of drug-likeness (QED) is 0.415. The van der Waals surface area contributed by atoms with Gasteiger partial charge in [-0.1, -0.05) is 0 Å². The summed E-state index contributed by atoms with van der Waals surface area (Å²) in [6.45, 7) is 6.00. The molecule has 1 atom stereocenters. The van der Waals surface area contributed by atoms with E-state index in [1.807, 2.05) is 0 Å². The first-order valence-corrected chi connectivity index (χ1v) is 3.03. The van der Waals surface area contributed by atoms with Crippen molar-refractivity contribution >= 4 is 11.9 Å². The van der Waals surface area contributed by atoms with E-state index in [0.717, 1.165) is 7.11 Å². The summed E-state index contributed by atoms with van der Waals surface area (Å²) >= 11 is 0. The highest BCUT2D eigenvalue weighted by atomic mass is 16.5. The fourth-order valence-electron chi connectivity index (χ4n) is 0.377. The van der Waals surface area contributed by atoms with Gasteiger partial charge in [0.15, 0.2) is 6.10 Å². The molecule has 0 aromatic heterocycles. The van der Waals surface area contributed by atoms with Crippen LogP contribution < -0.4 is 5.11 Å². The molecule has 70 valence electrons. The van der Waals surface area contributed by atoms with Gasteiger partial charge in [0.05, 0.1) is 7.11 Å². The molecule has 0 heterocycles. The molecule has 5 heteroatoms. The number of methoxy groups -OCH3 is 1. The number of aliphatic hydroxyl groups is 1. The Morgan fingerprint density at radius 3 is 2.25 bits per heavy atom. The van der Waals surface area contributed by atoms with Crippen molar-refractivity contribution in [2.45, 2.75) is 12.5 Å². The Hall–Kier alpha value is -1.36. The fourth-order valence-corrected chi connectivity index (χ4v) is 0.377. The summed E-state index contributed by atoms with van der Waals surface area (Å²) in [4.78, 5) is 20.0. The molecule has 0 aromatic rings. The van der Waals surface area contributed by atoms with E-state index in [1.54, 1.807) is 0 Å². The number of carbonyl (C=O) groups excluding carboxylic acids is 2. The van der Waals surface area contributed by atoms with Crippen LogP contribution in [0.5, 0.6) is 0 Å². The summed E-state index contributed by atoms with van der Waals surface area (Å²) in [5.74, 6) is -2.46. The van der Waals surface area contributed by atoms with Gasteiger partial charge in [-0.15, -0.1) is 13.2 Å². The van der Waals surface area contributed by atoms with Crippen molar-refractivity contribution in [1.29, 1.82) is 0 Å². The Balaban J connectivity index is 0. The number of carbonyl (C=O) groups is 2. The van der Waals surface area contributed by atoms with Crippen LogP contribution in [0.3, 0.4) is 0 Å². The summed E-state index contributed by atoms with van der Waals surface area (Å²) in [5.41, 5.74) is 0. The molecule has 1 N–H and O–H groups in total. The van der Waals surface area contributed by atoms with Gasteiger partial charge in [0.1, 0.15) is 0 Å². The van der Waals surface area contributed by atoms with Crippen LogP contribution in [0.15, 0.2) is 13.2 Å². The van der Waals surface area contributed by atoms with Crippen molar-refractivity contribution in [3.8, 4) is 0 Å². The van der Waals surface area contributed by atoms with Crippen LogP contribution in [-0.2, 0) is 14.3 Å². The first kappa shape index (κ1) is 13.2. The Kier molecular flexibility index (Phi) is 8.55. The zero-order chi connectivity index (χ0) is 10.1. The number of rotatable bonds is 3. The van der Waals surface area contributed by atoms with Gasteiger partial charge < -0.3 is 19.7 Å². The maximum absolute atomic E-state index is 10.3. The van der Waals surface area contributed by atoms with Crippen molar-refractivity contribution in [2.24, 2.45) is 0 Å². The molecule has 0 saturated heterocycles. The highest BCUT2D eigenvalue weighted by Gasteiger charge is 2.14. The second-order valence-corrected chi connectivity index (χ2v) is 1.62. The minimum atomic E-state index is -1.62. The third kappa shape index (κ3) is 6.76. The van der Waals surface area contributed by atoms with Gasteiger partial charge in [-0.25, -0.2) is 4.79 Å².